The van der Waals surface area contributed by atoms with Gasteiger partial charge in [0.15, 0.2) is 0 Å². The molecule has 8 heteroatoms. The first kappa shape index (κ1) is 12.7. The number of aromatic nitrogens is 1. The first-order valence-corrected chi connectivity index (χ1v) is 6.34. The lowest BCUT2D eigenvalue weighted by Gasteiger charge is -2.07. The minimum absolute atomic E-state index is 0.0944. The van der Waals surface area contributed by atoms with Gasteiger partial charge in [0.25, 0.3) is 6.43 Å². The molecule has 0 saturated heterocycles. The summed E-state index contributed by atoms with van der Waals surface area (Å²) in [6.45, 7) is 1.39. The minimum Gasteiger partial charge on any atom is -0.245 e. The van der Waals surface area contributed by atoms with E-state index in [0.29, 0.717) is 0 Å². The second-order valence-electron chi connectivity index (χ2n) is 2.80. The van der Waals surface area contributed by atoms with Crippen molar-refractivity contribution in [2.24, 2.45) is 5.14 Å². The number of primary sulfonamides is 1. The third-order valence-corrected chi connectivity index (χ3v) is 3.83. The summed E-state index contributed by atoms with van der Waals surface area (Å²) in [5.74, 6) is 0. The first-order valence-electron chi connectivity index (χ1n) is 3.71. The highest BCUT2D eigenvalue weighted by atomic mass is 127. The van der Waals surface area contributed by atoms with Crippen LogP contribution < -0.4 is 5.14 Å². The lowest BCUT2D eigenvalue weighted by Crippen LogP contribution is -2.15. The van der Waals surface area contributed by atoms with Gasteiger partial charge in [0.05, 0.1) is 0 Å². The van der Waals surface area contributed by atoms with Crippen LogP contribution in [-0.4, -0.2) is 13.4 Å². The Hall–Kier alpha value is -0.350. The average Bonchev–Trinajstić information content (AvgIpc) is 2.00. The van der Waals surface area contributed by atoms with E-state index in [0.717, 1.165) is 6.07 Å². The van der Waals surface area contributed by atoms with Gasteiger partial charge in [0, 0.05) is 11.3 Å². The predicted molar refractivity (Wildman–Crippen MR) is 58.0 cm³/mol. The fourth-order valence-corrected chi connectivity index (χ4v) is 3.00. The largest absolute Gasteiger partial charge is 0.265 e. The van der Waals surface area contributed by atoms with Crippen LogP contribution in [0.2, 0.25) is 0 Å². The number of aryl methyl sites for hydroxylation is 1. The van der Waals surface area contributed by atoms with Gasteiger partial charge in [0.1, 0.15) is 8.60 Å². The Morgan fingerprint density at radius 3 is 2.47 bits per heavy atom. The van der Waals surface area contributed by atoms with E-state index in [4.69, 9.17) is 5.14 Å². The monoisotopic (exact) mass is 348 g/mol. The molecule has 0 aliphatic rings. The SMILES string of the molecule is Cc1nc(I)c(S(N)(=O)=O)cc1C(F)F. The number of alkyl halides is 2. The van der Waals surface area contributed by atoms with Crippen LogP contribution in [0.1, 0.15) is 17.7 Å². The van der Waals surface area contributed by atoms with Gasteiger partial charge in [0.2, 0.25) is 10.0 Å². The number of nitrogens with zero attached hydrogens (tertiary/aromatic N) is 1. The van der Waals surface area contributed by atoms with Crippen LogP contribution >= 0.6 is 22.6 Å². The van der Waals surface area contributed by atoms with Crippen LogP contribution in [0, 0.1) is 10.6 Å². The van der Waals surface area contributed by atoms with Crippen LogP contribution in [0.4, 0.5) is 8.78 Å². The molecule has 0 aromatic carbocycles. The van der Waals surface area contributed by atoms with Crippen molar-refractivity contribution in [3.8, 4) is 0 Å². The highest BCUT2D eigenvalue weighted by Gasteiger charge is 2.20. The molecule has 0 unspecified atom stereocenters. The maximum atomic E-state index is 12.4. The Labute approximate surface area is 99.1 Å². The number of nitrogens with two attached hydrogens (primary N) is 1. The smallest absolute Gasteiger partial charge is 0.245 e. The Kier molecular flexibility index (Phi) is 3.61. The molecule has 1 aromatic heterocycles. The molecular formula is C7H7F2IN2O2S. The number of hydrogen-bond donors (Lipinski definition) is 1. The molecule has 1 aromatic rings. The fraction of sp³-hybridized carbons (Fsp3) is 0.286. The second-order valence-corrected chi connectivity index (χ2v) is 5.35. The lowest BCUT2D eigenvalue weighted by atomic mass is 10.2. The third-order valence-electron chi connectivity index (χ3n) is 1.72. The zero-order valence-corrected chi connectivity index (χ0v) is 10.5. The molecule has 0 amide bonds. The number of pyridine rings is 1. The molecule has 0 aliphatic carbocycles. The van der Waals surface area contributed by atoms with Crippen LogP contribution in [0.25, 0.3) is 0 Å². The van der Waals surface area contributed by atoms with E-state index in [1.807, 2.05) is 0 Å². The first-order chi connectivity index (χ1) is 6.73. The summed E-state index contributed by atoms with van der Waals surface area (Å²) < 4.78 is 47.0. The number of rotatable bonds is 2. The molecule has 1 heterocycles. The molecule has 15 heavy (non-hydrogen) atoms. The molecular weight excluding hydrogens is 341 g/mol. The molecule has 4 nitrogen and oxygen atoms in total. The van der Waals surface area contributed by atoms with E-state index in [1.165, 1.54) is 6.92 Å². The molecule has 0 saturated carbocycles. The van der Waals surface area contributed by atoms with Crippen molar-refractivity contribution < 1.29 is 17.2 Å². The van der Waals surface area contributed by atoms with Crippen molar-refractivity contribution >= 4 is 32.6 Å². The van der Waals surface area contributed by atoms with E-state index < -0.39 is 22.0 Å². The van der Waals surface area contributed by atoms with E-state index in [1.54, 1.807) is 22.6 Å². The summed E-state index contributed by atoms with van der Waals surface area (Å²) in [5.41, 5.74) is -0.318. The third kappa shape index (κ3) is 2.82. The molecule has 0 radical (unpaired) electrons. The molecule has 0 aliphatic heterocycles. The van der Waals surface area contributed by atoms with Crippen molar-refractivity contribution in [2.75, 3.05) is 0 Å². The maximum absolute atomic E-state index is 12.4. The van der Waals surface area contributed by atoms with Crippen molar-refractivity contribution in [3.05, 3.63) is 21.0 Å². The van der Waals surface area contributed by atoms with Gasteiger partial charge in [-0.15, -0.1) is 0 Å². The predicted octanol–water partition coefficient (Wildman–Crippen LogP) is 1.58. The van der Waals surface area contributed by atoms with Gasteiger partial charge >= 0.3 is 0 Å². The van der Waals surface area contributed by atoms with E-state index in [9.17, 15) is 17.2 Å². The Bertz CT molecular complexity index is 490. The van der Waals surface area contributed by atoms with Gasteiger partial charge in [-0.25, -0.2) is 27.3 Å². The summed E-state index contributed by atoms with van der Waals surface area (Å²) >= 11 is 1.64. The fourth-order valence-electron chi connectivity index (χ4n) is 0.993. The minimum atomic E-state index is -4.01. The summed E-state index contributed by atoms with van der Waals surface area (Å²) in [7, 11) is -4.01. The lowest BCUT2D eigenvalue weighted by molar-refractivity contribution is 0.149. The maximum Gasteiger partial charge on any atom is 0.265 e. The summed E-state index contributed by atoms with van der Waals surface area (Å²) in [6, 6.07) is 0.865. The molecule has 0 bridgehead atoms. The molecule has 2 N–H and O–H groups in total. The van der Waals surface area contributed by atoms with Crippen LogP contribution in [-0.2, 0) is 10.0 Å². The van der Waals surface area contributed by atoms with Crippen molar-refractivity contribution in [1.82, 2.24) is 4.98 Å². The molecule has 0 fully saturated rings. The zero-order chi connectivity index (χ0) is 11.8. The van der Waals surface area contributed by atoms with Gasteiger partial charge in [-0.2, -0.15) is 0 Å². The number of hydrogen-bond acceptors (Lipinski definition) is 3. The number of sulfonamides is 1. The standard InChI is InChI=1S/C7H7F2IN2O2S/c1-3-4(6(8)9)2-5(7(10)12-3)15(11,13)14/h2,6H,1H3,(H2,11,13,14). The second kappa shape index (κ2) is 4.26. The van der Waals surface area contributed by atoms with Crippen LogP contribution in [0.15, 0.2) is 11.0 Å². The normalized spacial score (nSPS) is 12.1. The van der Waals surface area contributed by atoms with Crippen molar-refractivity contribution in [3.63, 3.8) is 0 Å². The van der Waals surface area contributed by atoms with Crippen molar-refractivity contribution in [2.45, 2.75) is 18.2 Å². The Morgan fingerprint density at radius 2 is 2.07 bits per heavy atom. The highest BCUT2D eigenvalue weighted by molar-refractivity contribution is 14.1. The molecule has 0 spiro atoms. The molecule has 1 rings (SSSR count). The van der Waals surface area contributed by atoms with Gasteiger partial charge in [-0.1, -0.05) is 0 Å². The summed E-state index contributed by atoms with van der Waals surface area (Å²) in [5, 5.41) is 4.86. The Morgan fingerprint density at radius 1 is 1.53 bits per heavy atom. The zero-order valence-electron chi connectivity index (χ0n) is 7.54. The quantitative estimate of drug-likeness (QED) is 0.652. The average molecular weight is 348 g/mol. The van der Waals surface area contributed by atoms with Crippen LogP contribution in [0.5, 0.6) is 0 Å². The van der Waals surface area contributed by atoms with Gasteiger partial charge in [-0.05, 0) is 35.6 Å². The van der Waals surface area contributed by atoms with Gasteiger partial charge < -0.3 is 0 Å². The number of halogens is 3. The summed E-state index contributed by atoms with van der Waals surface area (Å²) in [4.78, 5) is 3.34. The van der Waals surface area contributed by atoms with E-state index >= 15 is 0 Å². The Balaban J connectivity index is 3.50. The molecule has 0 atom stereocenters. The van der Waals surface area contributed by atoms with E-state index in [2.05, 4.69) is 4.98 Å². The molecule has 84 valence electrons. The van der Waals surface area contributed by atoms with Crippen LogP contribution in [0.3, 0.4) is 0 Å². The van der Waals surface area contributed by atoms with Gasteiger partial charge in [-0.3, -0.25) is 0 Å². The summed E-state index contributed by atoms with van der Waals surface area (Å²) in [6.07, 6.45) is -2.77. The van der Waals surface area contributed by atoms with E-state index in [-0.39, 0.29) is 14.3 Å². The van der Waals surface area contributed by atoms with Crippen molar-refractivity contribution in [1.29, 1.82) is 0 Å². The highest BCUT2D eigenvalue weighted by Crippen LogP contribution is 2.26. The topological polar surface area (TPSA) is 73.0 Å².